The van der Waals surface area contributed by atoms with Crippen molar-refractivity contribution in [1.82, 2.24) is 10.0 Å². The Morgan fingerprint density at radius 3 is 2.50 bits per heavy atom. The number of allylic oxidation sites excluding steroid dienone is 2. The van der Waals surface area contributed by atoms with Crippen LogP contribution in [-0.4, -0.2) is 32.7 Å². The third-order valence-corrected chi connectivity index (χ3v) is 5.88. The smallest absolute Gasteiger partial charge is 0.272 e. The third-order valence-electron chi connectivity index (χ3n) is 5.88. The topological polar surface area (TPSA) is 101 Å². The Morgan fingerprint density at radius 2 is 1.78 bits per heavy atom. The summed E-state index contributed by atoms with van der Waals surface area (Å²) in [6, 6.07) is 10.9. The van der Waals surface area contributed by atoms with E-state index in [0.29, 0.717) is 12.8 Å². The lowest BCUT2D eigenvalue weighted by Crippen LogP contribution is -2.50. The Hall–Kier alpha value is -3.88. The van der Waals surface area contributed by atoms with Crippen molar-refractivity contribution < 1.29 is 23.7 Å². The van der Waals surface area contributed by atoms with Crippen LogP contribution in [0.25, 0.3) is 0 Å². The monoisotopic (exact) mass is 437 g/mol. The largest absolute Gasteiger partial charge is 0.282 e. The van der Waals surface area contributed by atoms with Gasteiger partial charge in [-0.05, 0) is 31.9 Å². The van der Waals surface area contributed by atoms with E-state index in [4.69, 9.17) is 0 Å². The second kappa shape index (κ2) is 8.33. The highest BCUT2D eigenvalue weighted by molar-refractivity contribution is 6.08. The number of hydrogen-bond donors (Lipinski definition) is 0. The quantitative estimate of drug-likeness (QED) is 0.308. The number of benzene rings is 2. The van der Waals surface area contributed by atoms with Gasteiger partial charge in [-0.3, -0.25) is 24.5 Å². The molecule has 164 valence electrons. The molecule has 2 aromatic rings. The van der Waals surface area contributed by atoms with Crippen molar-refractivity contribution in [2.75, 3.05) is 0 Å². The van der Waals surface area contributed by atoms with Gasteiger partial charge in [0.15, 0.2) is 0 Å². The molecule has 1 aliphatic heterocycles. The van der Waals surface area contributed by atoms with Crippen molar-refractivity contribution in [3.63, 3.8) is 0 Å². The summed E-state index contributed by atoms with van der Waals surface area (Å²) in [7, 11) is 0. The molecular weight excluding hydrogens is 417 g/mol. The molecule has 4 rings (SSSR count). The number of nitro groups is 1. The zero-order valence-corrected chi connectivity index (χ0v) is 17.2. The average Bonchev–Trinajstić information content (AvgIpc) is 3.02. The number of carbonyl (C=O) groups is 3. The summed E-state index contributed by atoms with van der Waals surface area (Å²) in [5, 5.41) is 13.1. The van der Waals surface area contributed by atoms with Gasteiger partial charge < -0.3 is 0 Å². The van der Waals surface area contributed by atoms with Crippen molar-refractivity contribution in [3.8, 4) is 0 Å². The number of amides is 3. The van der Waals surface area contributed by atoms with Crippen LogP contribution in [0.2, 0.25) is 0 Å². The standard InChI is InChI=1S/C23H20FN3O5/c1-14-10-11-16-18(12-14)23(30)26(22(16)29)25(13-15-6-2-4-8-19(15)24)21(28)17-7-3-5-9-20(17)27(31)32/h2-10,16,18H,11-13H2,1H3/t16-,18-/m0/s1. The van der Waals surface area contributed by atoms with Crippen LogP contribution >= 0.6 is 0 Å². The van der Waals surface area contributed by atoms with Gasteiger partial charge in [-0.1, -0.05) is 42.0 Å². The minimum atomic E-state index is -0.925. The summed E-state index contributed by atoms with van der Waals surface area (Å²) in [5.41, 5.74) is 0.285. The average molecular weight is 437 g/mol. The fourth-order valence-electron chi connectivity index (χ4n) is 4.23. The first-order chi connectivity index (χ1) is 15.3. The van der Waals surface area contributed by atoms with Gasteiger partial charge in [0.25, 0.3) is 23.4 Å². The minimum Gasteiger partial charge on any atom is -0.272 e. The molecule has 0 radical (unpaired) electrons. The molecule has 2 aliphatic rings. The highest BCUT2D eigenvalue weighted by Crippen LogP contribution is 2.39. The predicted molar refractivity (Wildman–Crippen MR) is 111 cm³/mol. The summed E-state index contributed by atoms with van der Waals surface area (Å²) >= 11 is 0. The summed E-state index contributed by atoms with van der Waals surface area (Å²) in [6.45, 7) is 1.44. The van der Waals surface area contributed by atoms with Crippen molar-refractivity contribution in [2.24, 2.45) is 11.8 Å². The van der Waals surface area contributed by atoms with Gasteiger partial charge in [0.1, 0.15) is 11.4 Å². The number of nitrogens with zero attached hydrogens (tertiary/aromatic N) is 3. The van der Waals surface area contributed by atoms with E-state index in [2.05, 4.69) is 0 Å². The molecule has 0 aromatic heterocycles. The molecule has 8 nitrogen and oxygen atoms in total. The number of nitro benzene ring substituents is 1. The number of fused-ring (bicyclic) bond motifs is 1. The fraction of sp³-hybridized carbons (Fsp3) is 0.261. The second-order valence-corrected chi connectivity index (χ2v) is 7.92. The summed E-state index contributed by atoms with van der Waals surface area (Å²) < 4.78 is 14.4. The zero-order chi connectivity index (χ0) is 23.0. The van der Waals surface area contributed by atoms with Gasteiger partial charge in [-0.2, -0.15) is 5.01 Å². The number of hydrazine groups is 1. The molecule has 0 unspecified atom stereocenters. The van der Waals surface area contributed by atoms with Crippen LogP contribution in [-0.2, 0) is 16.1 Å². The molecule has 1 heterocycles. The normalized spacial score (nSPS) is 20.1. The molecule has 0 bridgehead atoms. The fourth-order valence-corrected chi connectivity index (χ4v) is 4.23. The summed E-state index contributed by atoms with van der Waals surface area (Å²) in [6.07, 6.45) is 2.64. The minimum absolute atomic E-state index is 0.0733. The SMILES string of the molecule is CC1=CC[C@@H]2C(=O)N(N(Cc3ccccc3F)C(=O)c3ccccc3[N+](=O)[O-])C(=O)[C@H]2C1. The Balaban J connectivity index is 1.78. The van der Waals surface area contributed by atoms with E-state index in [-0.39, 0.29) is 11.1 Å². The number of para-hydroxylation sites is 1. The third kappa shape index (κ3) is 3.66. The summed E-state index contributed by atoms with van der Waals surface area (Å²) in [5.74, 6) is -3.91. The van der Waals surface area contributed by atoms with Gasteiger partial charge in [0, 0.05) is 11.6 Å². The molecule has 2 aromatic carbocycles. The molecule has 0 spiro atoms. The van der Waals surface area contributed by atoms with Crippen LogP contribution in [0, 0.1) is 27.8 Å². The van der Waals surface area contributed by atoms with Gasteiger partial charge in [0.05, 0.1) is 23.3 Å². The van der Waals surface area contributed by atoms with Gasteiger partial charge >= 0.3 is 0 Å². The second-order valence-electron chi connectivity index (χ2n) is 7.92. The van der Waals surface area contributed by atoms with E-state index in [1.54, 1.807) is 6.07 Å². The van der Waals surface area contributed by atoms with Crippen LogP contribution in [0.3, 0.4) is 0 Å². The van der Waals surface area contributed by atoms with Crippen molar-refractivity contribution >= 4 is 23.4 Å². The lowest BCUT2D eigenvalue weighted by molar-refractivity contribution is -0.385. The van der Waals surface area contributed by atoms with Crippen LogP contribution in [0.5, 0.6) is 0 Å². The summed E-state index contributed by atoms with van der Waals surface area (Å²) in [4.78, 5) is 50.6. The molecular formula is C23H20FN3O5. The highest BCUT2D eigenvalue weighted by Gasteiger charge is 2.51. The Kier molecular flexibility index (Phi) is 5.56. The predicted octanol–water partition coefficient (Wildman–Crippen LogP) is 3.63. The Labute approximate surface area is 183 Å². The maximum atomic E-state index is 14.4. The lowest BCUT2D eigenvalue weighted by atomic mass is 9.82. The number of carbonyl (C=O) groups excluding carboxylic acids is 3. The van der Waals surface area contributed by atoms with E-state index in [9.17, 15) is 28.9 Å². The van der Waals surface area contributed by atoms with Gasteiger partial charge in [-0.15, -0.1) is 0 Å². The Morgan fingerprint density at radius 1 is 1.12 bits per heavy atom. The number of halogens is 1. The molecule has 0 saturated carbocycles. The first-order valence-electron chi connectivity index (χ1n) is 10.1. The first kappa shape index (κ1) is 21.4. The maximum absolute atomic E-state index is 14.4. The van der Waals surface area contributed by atoms with Gasteiger partial charge in [0.2, 0.25) is 0 Å². The molecule has 32 heavy (non-hydrogen) atoms. The zero-order valence-electron chi connectivity index (χ0n) is 17.2. The van der Waals surface area contributed by atoms with E-state index < -0.39 is 52.5 Å². The van der Waals surface area contributed by atoms with E-state index in [1.807, 2.05) is 13.0 Å². The lowest BCUT2D eigenvalue weighted by Gasteiger charge is -2.30. The van der Waals surface area contributed by atoms with E-state index in [0.717, 1.165) is 21.7 Å². The van der Waals surface area contributed by atoms with E-state index in [1.165, 1.54) is 36.4 Å². The molecule has 1 saturated heterocycles. The number of imide groups is 1. The molecule has 3 amide bonds. The molecule has 0 N–H and O–H groups in total. The number of rotatable bonds is 5. The van der Waals surface area contributed by atoms with Crippen molar-refractivity contribution in [2.45, 2.75) is 26.3 Å². The number of hydrogen-bond acceptors (Lipinski definition) is 5. The van der Waals surface area contributed by atoms with E-state index >= 15 is 0 Å². The van der Waals surface area contributed by atoms with Crippen LogP contribution in [0.1, 0.15) is 35.7 Å². The molecule has 1 fully saturated rings. The molecule has 9 heteroatoms. The first-order valence-corrected chi connectivity index (χ1v) is 10.1. The highest BCUT2D eigenvalue weighted by atomic mass is 19.1. The maximum Gasteiger partial charge on any atom is 0.282 e. The van der Waals surface area contributed by atoms with Crippen molar-refractivity contribution in [3.05, 3.63) is 87.2 Å². The molecule has 1 aliphatic carbocycles. The molecule has 2 atom stereocenters. The Bertz CT molecular complexity index is 1160. The van der Waals surface area contributed by atoms with Crippen molar-refractivity contribution in [1.29, 1.82) is 0 Å². The van der Waals surface area contributed by atoms with Gasteiger partial charge in [-0.25, -0.2) is 9.40 Å². The van der Waals surface area contributed by atoms with Crippen LogP contribution < -0.4 is 0 Å². The van der Waals surface area contributed by atoms with Crippen LogP contribution in [0.15, 0.2) is 60.2 Å². The van der Waals surface area contributed by atoms with Crippen LogP contribution in [0.4, 0.5) is 10.1 Å².